The minimum Gasteiger partial charge on any atom is -0.480 e. The van der Waals surface area contributed by atoms with Crippen molar-refractivity contribution in [3.63, 3.8) is 0 Å². The maximum atomic E-state index is 11.7. The van der Waals surface area contributed by atoms with Crippen molar-refractivity contribution in [1.29, 1.82) is 0 Å². The van der Waals surface area contributed by atoms with Gasteiger partial charge in [-0.05, 0) is 12.8 Å². The maximum Gasteiger partial charge on any atom is 0.323 e. The fourth-order valence-electron chi connectivity index (χ4n) is 1.62. The van der Waals surface area contributed by atoms with Gasteiger partial charge in [-0.1, -0.05) is 5.92 Å². The summed E-state index contributed by atoms with van der Waals surface area (Å²) in [7, 11) is 0. The molecule has 0 unspecified atom stereocenters. The van der Waals surface area contributed by atoms with Gasteiger partial charge in [-0.25, -0.2) is 9.78 Å². The Hall–Kier alpha value is -2.49. The minimum atomic E-state index is -1.09. The molecule has 0 aromatic carbocycles. The molecule has 2 amide bonds. The molecular formula is C13H18N4O3. The number of urea groups is 1. The molecule has 0 spiro atoms. The highest BCUT2D eigenvalue weighted by Gasteiger charge is 2.14. The van der Waals surface area contributed by atoms with Gasteiger partial charge in [0, 0.05) is 25.5 Å². The molecule has 0 saturated carbocycles. The van der Waals surface area contributed by atoms with Crippen molar-refractivity contribution in [1.82, 2.24) is 19.8 Å². The molecule has 0 saturated heterocycles. The fraction of sp³-hybridized carbons (Fsp3) is 0.462. The molecule has 7 heteroatoms. The Morgan fingerprint density at radius 3 is 2.85 bits per heavy atom. The SMILES string of the molecule is C#CCN(CC(=O)O)C(=O)NCCCCn1ccnc1. The van der Waals surface area contributed by atoms with Crippen LogP contribution in [0.3, 0.4) is 0 Å². The average molecular weight is 278 g/mol. The second-order valence-electron chi connectivity index (χ2n) is 4.19. The van der Waals surface area contributed by atoms with Crippen molar-refractivity contribution in [3.8, 4) is 12.3 Å². The van der Waals surface area contributed by atoms with Gasteiger partial charge in [0.2, 0.25) is 0 Å². The molecule has 0 atom stereocenters. The van der Waals surface area contributed by atoms with Gasteiger partial charge in [-0.2, -0.15) is 0 Å². The third-order valence-corrected chi connectivity index (χ3v) is 2.57. The molecule has 1 rings (SSSR count). The molecule has 0 aliphatic rings. The summed E-state index contributed by atoms with van der Waals surface area (Å²) in [5.74, 6) is 1.18. The third kappa shape index (κ3) is 5.91. The number of aliphatic carboxylic acids is 1. The highest BCUT2D eigenvalue weighted by molar-refractivity contribution is 5.80. The predicted octanol–water partition coefficient (Wildman–Crippen LogP) is 0.393. The molecule has 1 heterocycles. The van der Waals surface area contributed by atoms with Crippen LogP contribution < -0.4 is 5.32 Å². The lowest BCUT2D eigenvalue weighted by atomic mass is 10.3. The first-order valence-electron chi connectivity index (χ1n) is 6.27. The number of amides is 2. The van der Waals surface area contributed by atoms with Gasteiger partial charge >= 0.3 is 12.0 Å². The second-order valence-corrected chi connectivity index (χ2v) is 4.19. The number of terminal acetylenes is 1. The number of carboxylic acids is 1. The third-order valence-electron chi connectivity index (χ3n) is 2.57. The molecular weight excluding hydrogens is 260 g/mol. The highest BCUT2D eigenvalue weighted by Crippen LogP contribution is 1.95. The number of carboxylic acid groups (broad SMARTS) is 1. The first-order chi connectivity index (χ1) is 9.63. The topological polar surface area (TPSA) is 87.5 Å². The van der Waals surface area contributed by atoms with Gasteiger partial charge < -0.3 is 19.9 Å². The predicted molar refractivity (Wildman–Crippen MR) is 72.9 cm³/mol. The van der Waals surface area contributed by atoms with Gasteiger partial charge in [0.15, 0.2) is 0 Å². The van der Waals surface area contributed by atoms with E-state index >= 15 is 0 Å². The van der Waals surface area contributed by atoms with E-state index in [2.05, 4.69) is 16.2 Å². The standard InChI is InChI=1S/C13H18N4O3/c1-2-7-17(10-12(18)19)13(20)15-5-3-4-8-16-9-6-14-11-16/h1,6,9,11H,3-5,7-8,10H2,(H,15,20)(H,18,19). The van der Waals surface area contributed by atoms with Crippen LogP contribution in [-0.4, -0.2) is 51.2 Å². The molecule has 0 radical (unpaired) electrons. The van der Waals surface area contributed by atoms with E-state index in [0.717, 1.165) is 24.3 Å². The summed E-state index contributed by atoms with van der Waals surface area (Å²) >= 11 is 0. The van der Waals surface area contributed by atoms with Gasteiger partial charge in [-0.15, -0.1) is 6.42 Å². The zero-order valence-corrected chi connectivity index (χ0v) is 11.2. The number of hydrogen-bond donors (Lipinski definition) is 2. The summed E-state index contributed by atoms with van der Waals surface area (Å²) in [6, 6.07) is -0.451. The number of unbranched alkanes of at least 4 members (excludes halogenated alkanes) is 1. The number of rotatable bonds is 8. The molecule has 0 aliphatic carbocycles. The number of hydrogen-bond acceptors (Lipinski definition) is 3. The fourth-order valence-corrected chi connectivity index (χ4v) is 1.62. The van der Waals surface area contributed by atoms with Crippen LogP contribution in [0.1, 0.15) is 12.8 Å². The van der Waals surface area contributed by atoms with E-state index in [1.165, 1.54) is 0 Å². The zero-order chi connectivity index (χ0) is 14.8. The van der Waals surface area contributed by atoms with Crippen LogP contribution in [0.25, 0.3) is 0 Å². The van der Waals surface area contributed by atoms with E-state index in [1.807, 2.05) is 10.8 Å². The van der Waals surface area contributed by atoms with E-state index in [4.69, 9.17) is 11.5 Å². The van der Waals surface area contributed by atoms with Crippen LogP contribution in [0.15, 0.2) is 18.7 Å². The lowest BCUT2D eigenvalue weighted by molar-refractivity contribution is -0.137. The molecule has 2 N–H and O–H groups in total. The van der Waals surface area contributed by atoms with E-state index in [0.29, 0.717) is 6.54 Å². The van der Waals surface area contributed by atoms with Crippen LogP contribution in [0.4, 0.5) is 4.79 Å². The number of aromatic nitrogens is 2. The maximum absolute atomic E-state index is 11.7. The number of imidazole rings is 1. The van der Waals surface area contributed by atoms with E-state index in [9.17, 15) is 9.59 Å². The van der Waals surface area contributed by atoms with Crippen molar-refractivity contribution in [3.05, 3.63) is 18.7 Å². The average Bonchev–Trinajstić information content (AvgIpc) is 2.90. The van der Waals surface area contributed by atoms with E-state index in [-0.39, 0.29) is 6.54 Å². The number of nitrogens with zero attached hydrogens (tertiary/aromatic N) is 3. The Kier molecular flexibility index (Phi) is 6.68. The van der Waals surface area contributed by atoms with Crippen molar-refractivity contribution >= 4 is 12.0 Å². The van der Waals surface area contributed by atoms with Gasteiger partial charge in [-0.3, -0.25) is 4.79 Å². The van der Waals surface area contributed by atoms with Crippen LogP contribution in [0, 0.1) is 12.3 Å². The molecule has 0 fully saturated rings. The van der Waals surface area contributed by atoms with Crippen LogP contribution in [0.5, 0.6) is 0 Å². The smallest absolute Gasteiger partial charge is 0.323 e. The largest absolute Gasteiger partial charge is 0.480 e. The normalized spacial score (nSPS) is 9.75. The van der Waals surface area contributed by atoms with Crippen molar-refractivity contribution < 1.29 is 14.7 Å². The monoisotopic (exact) mass is 278 g/mol. The summed E-state index contributed by atoms with van der Waals surface area (Å²) in [5, 5.41) is 11.3. The Bertz CT molecular complexity index is 464. The summed E-state index contributed by atoms with van der Waals surface area (Å²) in [6.07, 6.45) is 12.1. The summed E-state index contributed by atoms with van der Waals surface area (Å²) in [4.78, 5) is 27.3. The summed E-state index contributed by atoms with van der Waals surface area (Å²) in [6.45, 7) is 0.894. The first kappa shape index (κ1) is 15.6. The molecule has 0 bridgehead atoms. The summed E-state index contributed by atoms with van der Waals surface area (Å²) < 4.78 is 1.96. The minimum absolute atomic E-state index is 0.0207. The molecule has 20 heavy (non-hydrogen) atoms. The second kappa shape index (κ2) is 8.58. The lowest BCUT2D eigenvalue weighted by Crippen LogP contribution is -2.43. The van der Waals surface area contributed by atoms with Crippen LogP contribution in [0.2, 0.25) is 0 Å². The Morgan fingerprint density at radius 2 is 2.25 bits per heavy atom. The molecule has 0 aliphatic heterocycles. The quantitative estimate of drug-likeness (QED) is 0.532. The van der Waals surface area contributed by atoms with Crippen molar-refractivity contribution in [2.75, 3.05) is 19.6 Å². The number of carbonyl (C=O) groups is 2. The Balaban J connectivity index is 2.20. The van der Waals surface area contributed by atoms with E-state index in [1.54, 1.807) is 12.5 Å². The van der Waals surface area contributed by atoms with Gasteiger partial charge in [0.05, 0.1) is 12.9 Å². The molecule has 1 aromatic rings. The molecule has 108 valence electrons. The Morgan fingerprint density at radius 1 is 1.45 bits per heavy atom. The lowest BCUT2D eigenvalue weighted by Gasteiger charge is -2.18. The van der Waals surface area contributed by atoms with Gasteiger partial charge in [0.1, 0.15) is 6.54 Å². The highest BCUT2D eigenvalue weighted by atomic mass is 16.4. The van der Waals surface area contributed by atoms with Crippen molar-refractivity contribution in [2.24, 2.45) is 0 Å². The van der Waals surface area contributed by atoms with E-state index < -0.39 is 18.5 Å². The first-order valence-corrected chi connectivity index (χ1v) is 6.27. The van der Waals surface area contributed by atoms with Gasteiger partial charge in [0.25, 0.3) is 0 Å². The van der Waals surface area contributed by atoms with Crippen molar-refractivity contribution in [2.45, 2.75) is 19.4 Å². The summed E-state index contributed by atoms with van der Waals surface area (Å²) in [5.41, 5.74) is 0. The number of carbonyl (C=O) groups excluding carboxylic acids is 1. The molecule has 7 nitrogen and oxygen atoms in total. The molecule has 1 aromatic heterocycles. The zero-order valence-electron chi connectivity index (χ0n) is 11.2. The van der Waals surface area contributed by atoms with Crippen LogP contribution in [-0.2, 0) is 11.3 Å². The number of aryl methyl sites for hydroxylation is 1. The number of nitrogens with one attached hydrogen (secondary N) is 1. The van der Waals surface area contributed by atoms with Crippen LogP contribution >= 0.6 is 0 Å². The Labute approximate surface area is 117 Å².